The van der Waals surface area contributed by atoms with Gasteiger partial charge in [0.2, 0.25) is 5.91 Å². The van der Waals surface area contributed by atoms with Crippen LogP contribution in [0.4, 0.5) is 5.82 Å². The predicted octanol–water partition coefficient (Wildman–Crippen LogP) is 1.49. The van der Waals surface area contributed by atoms with Crippen molar-refractivity contribution in [2.75, 3.05) is 19.8 Å². The van der Waals surface area contributed by atoms with Gasteiger partial charge in [0.15, 0.2) is 0 Å². The maximum Gasteiger partial charge on any atom is 0.404 e. The van der Waals surface area contributed by atoms with Crippen molar-refractivity contribution >= 4 is 27.7 Å². The molecule has 1 amide bonds. The summed E-state index contributed by atoms with van der Waals surface area (Å²) < 4.78 is 6.83. The summed E-state index contributed by atoms with van der Waals surface area (Å²) in [5, 5.41) is 17.1. The lowest BCUT2D eigenvalue weighted by Crippen LogP contribution is -2.26. The molecule has 9 heteroatoms. The van der Waals surface area contributed by atoms with Crippen molar-refractivity contribution < 1.29 is 14.5 Å². The summed E-state index contributed by atoms with van der Waals surface area (Å²) in [6.45, 7) is 4.06. The minimum Gasteiger partial charge on any atom is -0.382 e. The highest BCUT2D eigenvalue weighted by Gasteiger charge is 2.18. The van der Waals surface area contributed by atoms with E-state index < -0.39 is 4.92 Å². The molecule has 0 spiro atoms. The quantitative estimate of drug-likeness (QED) is 0.414. The number of hydrogen-bond acceptors (Lipinski definition) is 5. The maximum atomic E-state index is 11.5. The van der Waals surface area contributed by atoms with Gasteiger partial charge in [-0.3, -0.25) is 4.79 Å². The van der Waals surface area contributed by atoms with Crippen molar-refractivity contribution in [1.82, 2.24) is 15.1 Å². The second-order valence-electron chi connectivity index (χ2n) is 3.97. The molecule has 0 bridgehead atoms. The topological polar surface area (TPSA) is 99.3 Å². The number of carbonyl (C=O) groups excluding carboxylic acids is 1. The molecule has 1 heterocycles. The Morgan fingerprint density at radius 1 is 1.65 bits per heavy atom. The molecule has 0 atom stereocenters. The second-order valence-corrected chi connectivity index (χ2v) is 4.83. The number of nitrogens with zero attached hydrogens (tertiary/aromatic N) is 3. The molecular weight excluding hydrogens is 332 g/mol. The third-order valence-corrected chi connectivity index (χ3v) is 2.99. The minimum atomic E-state index is -0.575. The van der Waals surface area contributed by atoms with Crippen LogP contribution in [0, 0.1) is 10.1 Å². The van der Waals surface area contributed by atoms with E-state index in [-0.39, 0.29) is 18.1 Å². The molecule has 0 fully saturated rings. The van der Waals surface area contributed by atoms with E-state index in [1.165, 1.54) is 10.9 Å². The third kappa shape index (κ3) is 5.66. The Labute approximate surface area is 124 Å². The summed E-state index contributed by atoms with van der Waals surface area (Å²) in [4.78, 5) is 21.6. The number of rotatable bonds is 9. The molecule has 0 radical (unpaired) electrons. The average Bonchev–Trinajstić information content (AvgIpc) is 2.77. The van der Waals surface area contributed by atoms with E-state index in [0.717, 1.165) is 6.42 Å². The Kier molecular flexibility index (Phi) is 7.16. The number of carbonyl (C=O) groups is 1. The van der Waals surface area contributed by atoms with E-state index in [0.29, 0.717) is 30.8 Å². The zero-order chi connectivity index (χ0) is 15.0. The molecule has 0 aliphatic carbocycles. The van der Waals surface area contributed by atoms with Gasteiger partial charge in [0.05, 0.1) is 17.8 Å². The molecule has 0 aliphatic rings. The largest absolute Gasteiger partial charge is 0.404 e. The van der Waals surface area contributed by atoms with Gasteiger partial charge in [-0.1, -0.05) is 0 Å². The SMILES string of the molecule is CCOCCCNC(=O)CCn1cc(Br)c([N+](=O)[O-])n1. The first-order valence-corrected chi connectivity index (χ1v) is 7.05. The lowest BCUT2D eigenvalue weighted by atomic mass is 10.3. The normalized spacial score (nSPS) is 10.5. The molecule has 0 aliphatic heterocycles. The van der Waals surface area contributed by atoms with Crippen LogP contribution in [0.1, 0.15) is 19.8 Å². The second kappa shape index (κ2) is 8.64. The number of nitro groups is 1. The smallest absolute Gasteiger partial charge is 0.382 e. The molecule has 20 heavy (non-hydrogen) atoms. The standard InChI is InChI=1S/C11H17BrN4O4/c1-2-20-7-3-5-13-10(17)4-6-15-8-9(12)11(14-15)16(18)19/h8H,2-7H2,1H3,(H,13,17). The van der Waals surface area contributed by atoms with Gasteiger partial charge < -0.3 is 20.2 Å². The van der Waals surface area contributed by atoms with Gasteiger partial charge in [0.25, 0.3) is 0 Å². The monoisotopic (exact) mass is 348 g/mol. The van der Waals surface area contributed by atoms with Crippen LogP contribution in [0.25, 0.3) is 0 Å². The van der Waals surface area contributed by atoms with Crippen LogP contribution < -0.4 is 5.32 Å². The number of aryl methyl sites for hydroxylation is 1. The fourth-order valence-electron chi connectivity index (χ4n) is 1.48. The Balaban J connectivity index is 2.27. The molecule has 1 rings (SSSR count). The Morgan fingerprint density at radius 3 is 3.00 bits per heavy atom. The van der Waals surface area contributed by atoms with Crippen LogP contribution in [0.15, 0.2) is 10.7 Å². The van der Waals surface area contributed by atoms with E-state index in [2.05, 4.69) is 26.3 Å². The minimum absolute atomic E-state index is 0.115. The Hall–Kier alpha value is -1.48. The molecule has 0 saturated heterocycles. The number of halogens is 1. The summed E-state index contributed by atoms with van der Waals surface area (Å²) in [6, 6.07) is 0. The van der Waals surface area contributed by atoms with Crippen LogP contribution in [-0.4, -0.2) is 40.4 Å². The zero-order valence-electron chi connectivity index (χ0n) is 11.2. The van der Waals surface area contributed by atoms with Gasteiger partial charge in [-0.05, 0) is 34.2 Å². The van der Waals surface area contributed by atoms with Crippen LogP contribution in [-0.2, 0) is 16.1 Å². The molecule has 112 valence electrons. The molecule has 0 saturated carbocycles. The lowest BCUT2D eigenvalue weighted by Gasteiger charge is -2.04. The maximum absolute atomic E-state index is 11.5. The van der Waals surface area contributed by atoms with Gasteiger partial charge in [0.1, 0.15) is 4.47 Å². The summed E-state index contributed by atoms with van der Waals surface area (Å²) in [7, 11) is 0. The molecule has 8 nitrogen and oxygen atoms in total. The number of aromatic nitrogens is 2. The summed E-state index contributed by atoms with van der Waals surface area (Å²) >= 11 is 3.05. The Morgan fingerprint density at radius 2 is 2.40 bits per heavy atom. The first-order valence-electron chi connectivity index (χ1n) is 6.26. The molecule has 1 N–H and O–H groups in total. The molecule has 0 aromatic carbocycles. The summed E-state index contributed by atoms with van der Waals surface area (Å²) in [5.74, 6) is -0.363. The highest BCUT2D eigenvalue weighted by atomic mass is 79.9. The first kappa shape index (κ1) is 16.6. The highest BCUT2D eigenvalue weighted by Crippen LogP contribution is 2.21. The fraction of sp³-hybridized carbons (Fsp3) is 0.636. The number of hydrogen-bond donors (Lipinski definition) is 1. The first-order chi connectivity index (χ1) is 9.54. The van der Waals surface area contributed by atoms with E-state index in [1.54, 1.807) is 0 Å². The van der Waals surface area contributed by atoms with Crippen molar-refractivity contribution in [3.8, 4) is 0 Å². The third-order valence-electron chi connectivity index (χ3n) is 2.43. The Bertz CT molecular complexity index is 463. The van der Waals surface area contributed by atoms with E-state index in [9.17, 15) is 14.9 Å². The number of ether oxygens (including phenoxy) is 1. The summed E-state index contributed by atoms with van der Waals surface area (Å²) in [6.07, 6.45) is 2.47. The van der Waals surface area contributed by atoms with E-state index in [4.69, 9.17) is 4.74 Å². The predicted molar refractivity (Wildman–Crippen MR) is 75.3 cm³/mol. The molecular formula is C11H17BrN4O4. The fourth-order valence-corrected chi connectivity index (χ4v) is 1.94. The lowest BCUT2D eigenvalue weighted by molar-refractivity contribution is -0.390. The van der Waals surface area contributed by atoms with Gasteiger partial charge in [-0.2, -0.15) is 4.68 Å². The van der Waals surface area contributed by atoms with Crippen molar-refractivity contribution in [1.29, 1.82) is 0 Å². The van der Waals surface area contributed by atoms with Gasteiger partial charge in [-0.15, -0.1) is 0 Å². The zero-order valence-corrected chi connectivity index (χ0v) is 12.8. The van der Waals surface area contributed by atoms with Crippen LogP contribution in [0.2, 0.25) is 0 Å². The van der Waals surface area contributed by atoms with Crippen LogP contribution in [0.3, 0.4) is 0 Å². The van der Waals surface area contributed by atoms with Crippen LogP contribution in [0.5, 0.6) is 0 Å². The molecule has 1 aromatic rings. The van der Waals surface area contributed by atoms with Gasteiger partial charge in [-0.25, -0.2) is 0 Å². The van der Waals surface area contributed by atoms with Crippen molar-refractivity contribution in [2.45, 2.75) is 26.3 Å². The molecule has 1 aromatic heterocycles. The van der Waals surface area contributed by atoms with E-state index in [1.807, 2.05) is 6.92 Å². The van der Waals surface area contributed by atoms with E-state index >= 15 is 0 Å². The average molecular weight is 349 g/mol. The number of amides is 1. The van der Waals surface area contributed by atoms with Crippen molar-refractivity contribution in [3.63, 3.8) is 0 Å². The van der Waals surface area contributed by atoms with Crippen LogP contribution >= 0.6 is 15.9 Å². The van der Waals surface area contributed by atoms with Crippen molar-refractivity contribution in [3.05, 3.63) is 20.8 Å². The highest BCUT2D eigenvalue weighted by molar-refractivity contribution is 9.10. The van der Waals surface area contributed by atoms with Gasteiger partial charge >= 0.3 is 5.82 Å². The van der Waals surface area contributed by atoms with Crippen molar-refractivity contribution in [2.24, 2.45) is 0 Å². The summed E-state index contributed by atoms with van der Waals surface area (Å²) in [5.41, 5.74) is 0. The van der Waals surface area contributed by atoms with Gasteiger partial charge in [0, 0.05) is 26.2 Å². The molecule has 0 unspecified atom stereocenters. The number of nitrogens with one attached hydrogen (secondary N) is 1.